The molecule has 2 aromatic rings. The Balaban J connectivity index is 1.81. The summed E-state index contributed by atoms with van der Waals surface area (Å²) in [6.07, 6.45) is -1.92. The Morgan fingerprint density at radius 2 is 2.18 bits per heavy atom. The molecule has 1 saturated heterocycles. The Hall–Kier alpha value is -2.84. The Kier molecular flexibility index (Phi) is 4.40. The quantitative estimate of drug-likeness (QED) is 0.859. The molecule has 0 radical (unpaired) electrons. The highest BCUT2D eigenvalue weighted by Gasteiger charge is 2.42. The molecule has 7 nitrogen and oxygen atoms in total. The third-order valence-electron chi connectivity index (χ3n) is 4.75. The summed E-state index contributed by atoms with van der Waals surface area (Å²) in [7, 11) is 0. The summed E-state index contributed by atoms with van der Waals surface area (Å²) in [6, 6.07) is 4.35. The van der Waals surface area contributed by atoms with Crippen LogP contribution in [0.5, 0.6) is 5.75 Å². The molecule has 2 aliphatic heterocycles. The second-order valence-electron chi connectivity index (χ2n) is 7.50. The van der Waals surface area contributed by atoms with Gasteiger partial charge in [-0.3, -0.25) is 0 Å². The second kappa shape index (κ2) is 6.65. The van der Waals surface area contributed by atoms with Gasteiger partial charge in [-0.25, -0.2) is 23.5 Å². The monoisotopic (exact) mass is 392 g/mol. The maximum Gasteiger partial charge on any atom is 0.416 e. The van der Waals surface area contributed by atoms with Gasteiger partial charge in [-0.05, 0) is 32.9 Å². The number of alkyl halides is 2. The largest absolute Gasteiger partial charge is 0.485 e. The predicted octanol–water partition coefficient (Wildman–Crippen LogP) is 3.74. The Labute approximate surface area is 161 Å². The van der Waals surface area contributed by atoms with Crippen LogP contribution in [0.15, 0.2) is 24.4 Å². The van der Waals surface area contributed by atoms with Crippen molar-refractivity contribution in [2.75, 3.05) is 23.4 Å². The number of rotatable bonds is 4. The van der Waals surface area contributed by atoms with E-state index in [1.165, 1.54) is 0 Å². The van der Waals surface area contributed by atoms with Crippen molar-refractivity contribution >= 4 is 17.6 Å². The fourth-order valence-corrected chi connectivity index (χ4v) is 3.58. The van der Waals surface area contributed by atoms with E-state index in [1.807, 2.05) is 43.5 Å². The van der Waals surface area contributed by atoms with Crippen molar-refractivity contribution in [2.24, 2.45) is 0 Å². The number of amides is 1. The number of ether oxygens (including phenoxy) is 2. The summed E-state index contributed by atoms with van der Waals surface area (Å²) in [5, 5.41) is 3.24. The number of nitrogens with zero attached hydrogens (tertiary/aromatic N) is 3. The van der Waals surface area contributed by atoms with Gasteiger partial charge in [-0.2, -0.15) is 0 Å². The van der Waals surface area contributed by atoms with Crippen LogP contribution in [0.2, 0.25) is 0 Å². The Morgan fingerprint density at radius 1 is 1.39 bits per heavy atom. The summed E-state index contributed by atoms with van der Waals surface area (Å²) in [6.45, 7) is 6.75. The van der Waals surface area contributed by atoms with Crippen molar-refractivity contribution in [1.29, 1.82) is 0 Å². The van der Waals surface area contributed by atoms with E-state index >= 15 is 0 Å². The molecule has 1 N–H and O–H groups in total. The van der Waals surface area contributed by atoms with Crippen LogP contribution in [-0.4, -0.2) is 46.9 Å². The minimum absolute atomic E-state index is 0.155. The molecule has 9 heteroatoms. The average Bonchev–Trinajstić information content (AvgIpc) is 3.15. The van der Waals surface area contributed by atoms with Gasteiger partial charge in [0.15, 0.2) is 5.82 Å². The first kappa shape index (κ1) is 18.5. The summed E-state index contributed by atoms with van der Waals surface area (Å²) in [5.74, 6) is 1.36. The normalized spacial score (nSPS) is 20.3. The van der Waals surface area contributed by atoms with E-state index in [9.17, 15) is 13.6 Å². The average molecular weight is 392 g/mol. The number of hydrogen-bond donors (Lipinski definition) is 1. The number of carbonyl (C=O) groups excluding carboxylic acids is 1. The van der Waals surface area contributed by atoms with Gasteiger partial charge in [-0.15, -0.1) is 0 Å². The van der Waals surface area contributed by atoms with Crippen LogP contribution >= 0.6 is 0 Å². The summed E-state index contributed by atoms with van der Waals surface area (Å²) in [5.41, 5.74) is 1.09. The van der Waals surface area contributed by atoms with Crippen LogP contribution in [0.3, 0.4) is 0 Å². The molecule has 0 saturated carbocycles. The Bertz CT molecular complexity index is 913. The van der Waals surface area contributed by atoms with E-state index in [0.29, 0.717) is 18.1 Å². The van der Waals surface area contributed by atoms with Gasteiger partial charge in [0, 0.05) is 24.5 Å². The first-order valence-electron chi connectivity index (χ1n) is 9.17. The molecule has 0 aliphatic carbocycles. The zero-order valence-corrected chi connectivity index (χ0v) is 15.9. The molecule has 2 aliphatic rings. The highest BCUT2D eigenvalue weighted by atomic mass is 19.3. The molecule has 1 atom stereocenters. The molecule has 28 heavy (non-hydrogen) atoms. The smallest absolute Gasteiger partial charge is 0.416 e. The number of nitrogens with one attached hydrogen (secondary N) is 1. The number of aromatic nitrogens is 2. The zero-order valence-electron chi connectivity index (χ0n) is 15.9. The molecular weight excluding hydrogens is 370 g/mol. The van der Waals surface area contributed by atoms with Crippen molar-refractivity contribution in [1.82, 2.24) is 9.55 Å². The molecule has 1 fully saturated rings. The van der Waals surface area contributed by atoms with E-state index in [1.54, 1.807) is 6.20 Å². The third-order valence-corrected chi connectivity index (χ3v) is 4.75. The fourth-order valence-electron chi connectivity index (χ4n) is 3.58. The molecule has 1 aromatic carbocycles. The molecule has 1 amide bonds. The zero-order chi connectivity index (χ0) is 20.1. The van der Waals surface area contributed by atoms with Crippen LogP contribution in [0, 0.1) is 0 Å². The summed E-state index contributed by atoms with van der Waals surface area (Å²) >= 11 is 0. The summed E-state index contributed by atoms with van der Waals surface area (Å²) in [4.78, 5) is 17.5. The van der Waals surface area contributed by atoms with Gasteiger partial charge >= 0.3 is 6.09 Å². The van der Waals surface area contributed by atoms with Gasteiger partial charge < -0.3 is 19.4 Å². The van der Waals surface area contributed by atoms with Gasteiger partial charge in [-0.1, -0.05) is 0 Å². The maximum absolute atomic E-state index is 13.3. The van der Waals surface area contributed by atoms with Crippen LogP contribution in [0.1, 0.15) is 20.8 Å². The number of cyclic esters (lactones) is 1. The van der Waals surface area contributed by atoms with Gasteiger partial charge in [0.05, 0.1) is 12.1 Å². The van der Waals surface area contributed by atoms with E-state index in [-0.39, 0.29) is 12.4 Å². The number of anilines is 2. The van der Waals surface area contributed by atoms with Gasteiger partial charge in [0.1, 0.15) is 29.8 Å². The number of benzene rings is 1. The van der Waals surface area contributed by atoms with E-state index < -0.39 is 24.2 Å². The lowest BCUT2D eigenvalue weighted by Crippen LogP contribution is -2.39. The van der Waals surface area contributed by atoms with Gasteiger partial charge in [0.25, 0.3) is 6.43 Å². The minimum atomic E-state index is -2.72. The lowest BCUT2D eigenvalue weighted by Gasteiger charge is -2.25. The number of halogens is 2. The molecule has 3 heterocycles. The molecule has 4 rings (SSSR count). The first-order chi connectivity index (χ1) is 13.3. The molecule has 1 aromatic heterocycles. The van der Waals surface area contributed by atoms with Crippen molar-refractivity contribution in [3.8, 4) is 17.1 Å². The maximum atomic E-state index is 13.3. The van der Waals surface area contributed by atoms with Crippen molar-refractivity contribution in [3.05, 3.63) is 24.4 Å². The van der Waals surface area contributed by atoms with Crippen LogP contribution in [0.4, 0.5) is 25.1 Å². The topological polar surface area (TPSA) is 68.6 Å². The predicted molar refractivity (Wildman–Crippen MR) is 100 cm³/mol. The lowest BCUT2D eigenvalue weighted by atomic mass is 10.1. The minimum Gasteiger partial charge on any atom is -0.485 e. The first-order valence-corrected chi connectivity index (χ1v) is 9.17. The standard InChI is InChI=1S/C19H22F2N4O3/c1-4-22-11-5-6-12-14(7-11)28-19(2,3)10-24-8-15(23-17(12)24)25-13(16(20)21)9-27-18(25)26/h5-8,13,16,22H,4,9-10H2,1-3H3. The molecule has 0 bridgehead atoms. The summed E-state index contributed by atoms with van der Waals surface area (Å²) < 4.78 is 39.5. The highest BCUT2D eigenvalue weighted by Crippen LogP contribution is 2.40. The highest BCUT2D eigenvalue weighted by molar-refractivity contribution is 5.89. The number of hydrogen-bond acceptors (Lipinski definition) is 5. The number of fused-ring (bicyclic) bond motifs is 3. The van der Waals surface area contributed by atoms with Gasteiger partial charge in [0.2, 0.25) is 0 Å². The van der Waals surface area contributed by atoms with Crippen molar-refractivity contribution in [3.63, 3.8) is 0 Å². The third kappa shape index (κ3) is 3.14. The Morgan fingerprint density at radius 3 is 2.89 bits per heavy atom. The lowest BCUT2D eigenvalue weighted by molar-refractivity contribution is 0.0944. The van der Waals surface area contributed by atoms with E-state index in [2.05, 4.69) is 10.3 Å². The second-order valence-corrected chi connectivity index (χ2v) is 7.50. The van der Waals surface area contributed by atoms with Crippen molar-refractivity contribution < 1.29 is 23.0 Å². The fraction of sp³-hybridized carbons (Fsp3) is 0.474. The van der Waals surface area contributed by atoms with Crippen LogP contribution in [0.25, 0.3) is 11.4 Å². The van der Waals surface area contributed by atoms with Crippen LogP contribution < -0.4 is 15.0 Å². The molecule has 150 valence electrons. The van der Waals surface area contributed by atoms with Crippen LogP contribution in [-0.2, 0) is 11.3 Å². The SMILES string of the molecule is CCNc1ccc2c(c1)OC(C)(C)Cn1cc(N3C(=O)OCC3C(F)F)nc1-2. The van der Waals surface area contributed by atoms with E-state index in [0.717, 1.165) is 22.7 Å². The van der Waals surface area contributed by atoms with E-state index in [4.69, 9.17) is 9.47 Å². The molecule has 0 spiro atoms. The molecular formula is C19H22F2N4O3. The van der Waals surface area contributed by atoms with Crippen molar-refractivity contribution in [2.45, 2.75) is 45.4 Å². The molecule has 1 unspecified atom stereocenters. The number of carbonyl (C=O) groups is 1. The number of imidazole rings is 1.